The van der Waals surface area contributed by atoms with E-state index >= 15 is 0 Å². The molecule has 0 saturated heterocycles. The summed E-state index contributed by atoms with van der Waals surface area (Å²) in [4.78, 5) is 25.7. The zero-order valence-electron chi connectivity index (χ0n) is 21.3. The van der Waals surface area contributed by atoms with Crippen LogP contribution in [0.2, 0.25) is 0 Å². The van der Waals surface area contributed by atoms with Gasteiger partial charge in [0.2, 0.25) is 5.95 Å². The summed E-state index contributed by atoms with van der Waals surface area (Å²) < 4.78 is 28.5. The second-order valence-corrected chi connectivity index (χ2v) is 9.78. The Labute approximate surface area is 219 Å². The molecule has 1 amide bonds. The second-order valence-electron chi connectivity index (χ2n) is 9.78. The minimum Gasteiger partial charge on any atom is -0.404 e. The zero-order chi connectivity index (χ0) is 27.0. The molecular formula is C27H30F2N8O. The number of rotatable bonds is 7. The summed E-state index contributed by atoms with van der Waals surface area (Å²) in [6, 6.07) is 10.8. The first-order valence-corrected chi connectivity index (χ1v) is 12.4. The number of halogens is 2. The van der Waals surface area contributed by atoms with Crippen LogP contribution in [0.15, 0.2) is 48.8 Å². The SMILES string of the molecule is CN(C(=O)c1cc2c(n1C)CN(c1nccc(Nc3ccc(/C(C=N)=C/N)cc3)n1)CC2)C1CC(F)(F)C1. The molecule has 1 aromatic carbocycles. The number of fused-ring (bicyclic) bond motifs is 1. The summed E-state index contributed by atoms with van der Waals surface area (Å²) in [6.45, 7) is 1.21. The second kappa shape index (κ2) is 9.88. The Morgan fingerprint density at radius 1 is 1.26 bits per heavy atom. The van der Waals surface area contributed by atoms with Gasteiger partial charge in [-0.2, -0.15) is 4.98 Å². The number of nitrogens with zero attached hydrogens (tertiary/aromatic N) is 5. The van der Waals surface area contributed by atoms with Crippen molar-refractivity contribution < 1.29 is 13.6 Å². The Balaban J connectivity index is 1.29. The largest absolute Gasteiger partial charge is 0.404 e. The number of hydrogen-bond acceptors (Lipinski definition) is 7. The number of carbonyl (C=O) groups is 1. The number of benzene rings is 1. The highest BCUT2D eigenvalue weighted by Gasteiger charge is 2.48. The van der Waals surface area contributed by atoms with Crippen molar-refractivity contribution in [2.75, 3.05) is 23.8 Å². The smallest absolute Gasteiger partial charge is 0.270 e. The maximum atomic E-state index is 13.3. The molecule has 0 spiro atoms. The normalized spacial score (nSPS) is 16.9. The van der Waals surface area contributed by atoms with Crippen molar-refractivity contribution in [3.8, 4) is 0 Å². The van der Waals surface area contributed by atoms with Gasteiger partial charge in [-0.1, -0.05) is 12.1 Å². The van der Waals surface area contributed by atoms with Crippen LogP contribution in [0.3, 0.4) is 0 Å². The lowest BCUT2D eigenvalue weighted by Crippen LogP contribution is -2.51. The van der Waals surface area contributed by atoms with E-state index in [0.29, 0.717) is 42.5 Å². The molecule has 9 nitrogen and oxygen atoms in total. The predicted molar refractivity (Wildman–Crippen MR) is 143 cm³/mol. The standard InChI is InChI=1S/C27H30F2N8O/c1-35(21-12-27(28,29)13-21)25(38)22-11-18-8-10-37(16-23(18)36(22)2)26-32-9-7-24(34-26)33-20-5-3-17(4-6-20)19(14-30)15-31/h3-7,9,11,14-15,21,30H,8,10,12-13,16,31H2,1-2H3,(H,32,33,34)/b19-15+,30-14?. The van der Waals surface area contributed by atoms with Gasteiger partial charge in [-0.3, -0.25) is 4.79 Å². The maximum absolute atomic E-state index is 13.3. The maximum Gasteiger partial charge on any atom is 0.270 e. The first-order chi connectivity index (χ1) is 18.2. The van der Waals surface area contributed by atoms with E-state index in [2.05, 4.69) is 15.2 Å². The Kier molecular flexibility index (Phi) is 6.60. The van der Waals surface area contributed by atoms with Crippen LogP contribution in [-0.2, 0) is 20.0 Å². The summed E-state index contributed by atoms with van der Waals surface area (Å²) in [5, 5.41) is 10.7. The van der Waals surface area contributed by atoms with E-state index in [0.717, 1.165) is 22.5 Å². The van der Waals surface area contributed by atoms with Gasteiger partial charge in [0.25, 0.3) is 11.8 Å². The van der Waals surface area contributed by atoms with E-state index in [-0.39, 0.29) is 18.7 Å². The summed E-state index contributed by atoms with van der Waals surface area (Å²) in [5.41, 5.74) is 10.4. The third-order valence-electron chi connectivity index (χ3n) is 7.35. The van der Waals surface area contributed by atoms with Crippen molar-refractivity contribution in [3.63, 3.8) is 0 Å². The molecule has 4 N–H and O–H groups in total. The molecule has 2 aromatic heterocycles. The molecule has 5 rings (SSSR count). The Hall–Kier alpha value is -4.28. The lowest BCUT2D eigenvalue weighted by atomic mass is 9.87. The van der Waals surface area contributed by atoms with Crippen LogP contribution in [0.4, 0.5) is 26.2 Å². The topological polar surface area (TPSA) is 116 Å². The van der Waals surface area contributed by atoms with E-state index in [1.807, 2.05) is 41.9 Å². The molecule has 3 heterocycles. The van der Waals surface area contributed by atoms with Crippen LogP contribution in [0.25, 0.3) is 5.57 Å². The molecule has 38 heavy (non-hydrogen) atoms. The highest BCUT2D eigenvalue weighted by atomic mass is 19.3. The summed E-state index contributed by atoms with van der Waals surface area (Å²) in [7, 11) is 3.44. The number of aromatic nitrogens is 3. The lowest BCUT2D eigenvalue weighted by molar-refractivity contribution is -0.112. The van der Waals surface area contributed by atoms with Gasteiger partial charge in [0.05, 0.1) is 6.54 Å². The Morgan fingerprint density at radius 3 is 2.66 bits per heavy atom. The monoisotopic (exact) mass is 520 g/mol. The van der Waals surface area contributed by atoms with Crippen LogP contribution < -0.4 is 16.0 Å². The first-order valence-electron chi connectivity index (χ1n) is 12.4. The quantitative estimate of drug-likeness (QED) is 0.407. The van der Waals surface area contributed by atoms with E-state index in [1.165, 1.54) is 17.3 Å². The van der Waals surface area contributed by atoms with Crippen molar-refractivity contribution in [2.45, 2.75) is 37.8 Å². The Morgan fingerprint density at radius 2 is 2.00 bits per heavy atom. The van der Waals surface area contributed by atoms with Gasteiger partial charge in [0.15, 0.2) is 0 Å². The number of nitrogens with two attached hydrogens (primary N) is 1. The summed E-state index contributed by atoms with van der Waals surface area (Å²) in [6.07, 6.45) is 4.46. The summed E-state index contributed by atoms with van der Waals surface area (Å²) in [5.74, 6) is -1.71. The lowest BCUT2D eigenvalue weighted by Gasteiger charge is -2.40. The molecule has 3 aromatic rings. The van der Waals surface area contributed by atoms with Crippen molar-refractivity contribution in [2.24, 2.45) is 12.8 Å². The highest BCUT2D eigenvalue weighted by molar-refractivity contribution is 6.08. The molecule has 2 aliphatic rings. The average molecular weight is 521 g/mol. The molecule has 0 unspecified atom stereocenters. The van der Waals surface area contributed by atoms with Gasteiger partial charge in [-0.25, -0.2) is 13.8 Å². The molecule has 1 aliphatic heterocycles. The van der Waals surface area contributed by atoms with Gasteiger partial charge < -0.3 is 30.8 Å². The first kappa shape index (κ1) is 25.4. The van der Waals surface area contributed by atoms with E-state index in [9.17, 15) is 13.6 Å². The number of anilines is 3. The van der Waals surface area contributed by atoms with E-state index in [4.69, 9.17) is 16.1 Å². The van der Waals surface area contributed by atoms with Crippen LogP contribution in [0, 0.1) is 5.41 Å². The number of nitrogens with one attached hydrogen (secondary N) is 2. The van der Waals surface area contributed by atoms with Gasteiger partial charge in [-0.05, 0) is 41.8 Å². The fourth-order valence-electron chi connectivity index (χ4n) is 4.96. The molecule has 1 aliphatic carbocycles. The number of amides is 1. The van der Waals surface area contributed by atoms with Crippen molar-refractivity contribution >= 4 is 35.1 Å². The molecule has 1 fully saturated rings. The van der Waals surface area contributed by atoms with Gasteiger partial charge in [-0.15, -0.1) is 0 Å². The minimum atomic E-state index is -2.67. The Bertz CT molecular complexity index is 1390. The van der Waals surface area contributed by atoms with Crippen molar-refractivity contribution in [1.82, 2.24) is 19.4 Å². The van der Waals surface area contributed by atoms with Crippen LogP contribution in [-0.4, -0.2) is 57.1 Å². The third kappa shape index (κ3) is 4.83. The number of carbonyl (C=O) groups excluding carboxylic acids is 1. The molecule has 0 atom stereocenters. The number of allylic oxidation sites excluding steroid dienone is 1. The fourth-order valence-corrected chi connectivity index (χ4v) is 4.96. The highest BCUT2D eigenvalue weighted by Crippen LogP contribution is 2.40. The van der Waals surface area contributed by atoms with Gasteiger partial charge in [0.1, 0.15) is 11.5 Å². The zero-order valence-corrected chi connectivity index (χ0v) is 21.3. The molecule has 11 heteroatoms. The molecule has 0 radical (unpaired) electrons. The van der Waals surface area contributed by atoms with Crippen LogP contribution in [0.5, 0.6) is 0 Å². The molecule has 198 valence electrons. The average Bonchev–Trinajstić information content (AvgIpc) is 3.23. The number of alkyl halides is 2. The van der Waals surface area contributed by atoms with E-state index < -0.39 is 12.0 Å². The van der Waals surface area contributed by atoms with Gasteiger partial charge >= 0.3 is 0 Å². The van der Waals surface area contributed by atoms with Gasteiger partial charge in [0, 0.05) is 75.1 Å². The minimum absolute atomic E-state index is 0.239. The molecule has 0 bridgehead atoms. The predicted octanol–water partition coefficient (Wildman–Crippen LogP) is 3.94. The van der Waals surface area contributed by atoms with Crippen molar-refractivity contribution in [1.29, 1.82) is 5.41 Å². The third-order valence-corrected chi connectivity index (χ3v) is 7.35. The number of hydrogen-bond donors (Lipinski definition) is 3. The van der Waals surface area contributed by atoms with E-state index in [1.54, 1.807) is 19.3 Å². The fraction of sp³-hybridized carbons (Fsp3) is 0.333. The summed E-state index contributed by atoms with van der Waals surface area (Å²) >= 11 is 0. The van der Waals surface area contributed by atoms with Crippen LogP contribution in [0.1, 0.15) is 40.2 Å². The van der Waals surface area contributed by atoms with Crippen LogP contribution >= 0.6 is 0 Å². The molecular weight excluding hydrogens is 490 g/mol. The van der Waals surface area contributed by atoms with Crippen molar-refractivity contribution in [3.05, 3.63) is 71.3 Å². The molecule has 1 saturated carbocycles.